The molecule has 5 nitrogen and oxygen atoms in total. The van der Waals surface area contributed by atoms with Crippen LogP contribution in [0.4, 0.5) is 14.9 Å². The molecule has 3 amide bonds. The van der Waals surface area contributed by atoms with Gasteiger partial charge in [0.1, 0.15) is 5.82 Å². The van der Waals surface area contributed by atoms with E-state index < -0.39 is 0 Å². The monoisotopic (exact) mass is 409 g/mol. The van der Waals surface area contributed by atoms with Gasteiger partial charge < -0.3 is 15.5 Å². The summed E-state index contributed by atoms with van der Waals surface area (Å²) in [5.41, 5.74) is 2.10. The quantitative estimate of drug-likeness (QED) is 0.751. The first-order chi connectivity index (χ1) is 14.6. The number of fused-ring (bicyclic) bond motifs is 1. The second kappa shape index (κ2) is 9.28. The van der Waals surface area contributed by atoms with E-state index >= 15 is 0 Å². The summed E-state index contributed by atoms with van der Waals surface area (Å²) >= 11 is 0. The molecule has 2 fully saturated rings. The fourth-order valence-electron chi connectivity index (χ4n) is 4.70. The van der Waals surface area contributed by atoms with Crippen molar-refractivity contribution in [3.63, 3.8) is 0 Å². The number of hydrogen-bond donors (Lipinski definition) is 2. The van der Waals surface area contributed by atoms with E-state index in [2.05, 4.69) is 15.5 Å². The second-order valence-corrected chi connectivity index (χ2v) is 8.26. The van der Waals surface area contributed by atoms with Gasteiger partial charge in [-0.05, 0) is 73.6 Å². The lowest BCUT2D eigenvalue weighted by molar-refractivity contribution is 0.0390. The molecule has 2 atom stereocenters. The summed E-state index contributed by atoms with van der Waals surface area (Å²) in [6, 6.07) is 13.1. The van der Waals surface area contributed by atoms with Crippen LogP contribution in [0, 0.1) is 11.7 Å². The number of halogens is 1. The molecule has 0 aromatic heterocycles. The van der Waals surface area contributed by atoms with Gasteiger partial charge >= 0.3 is 6.03 Å². The minimum absolute atomic E-state index is 0.0962. The zero-order chi connectivity index (χ0) is 20.9. The Kier molecular flexibility index (Phi) is 6.31. The van der Waals surface area contributed by atoms with Crippen LogP contribution in [0.25, 0.3) is 0 Å². The Morgan fingerprint density at radius 2 is 1.63 bits per heavy atom. The second-order valence-electron chi connectivity index (χ2n) is 8.26. The molecule has 2 aromatic rings. The lowest BCUT2D eigenvalue weighted by atomic mass is 9.78. The minimum atomic E-state index is -0.348. The lowest BCUT2D eigenvalue weighted by Crippen LogP contribution is -2.49. The van der Waals surface area contributed by atoms with E-state index in [0.29, 0.717) is 29.8 Å². The van der Waals surface area contributed by atoms with Crippen molar-refractivity contribution in [2.45, 2.75) is 51.1 Å². The largest absolute Gasteiger partial charge is 0.335 e. The van der Waals surface area contributed by atoms with Crippen molar-refractivity contribution in [3.8, 4) is 0 Å². The standard InChI is InChI=1S/C24H28FN3O2/c25-20-11-7-17(8-12-20)16-26-24(30)27-21-13-9-19(10-14-21)23(29)28-15-3-5-18-4-1-2-6-22(18)28/h7-14,18,22H,1-6,15-16H2,(H2,26,27,30)/t18-,22-/m0/s1. The fraction of sp³-hybridized carbons (Fsp3) is 0.417. The molecule has 30 heavy (non-hydrogen) atoms. The molecule has 2 aromatic carbocycles. The summed E-state index contributed by atoms with van der Waals surface area (Å²) < 4.78 is 12.9. The molecule has 1 saturated carbocycles. The van der Waals surface area contributed by atoms with Crippen molar-refractivity contribution >= 4 is 17.6 Å². The number of rotatable bonds is 4. The Morgan fingerprint density at radius 1 is 0.933 bits per heavy atom. The van der Waals surface area contributed by atoms with Crippen LogP contribution in [-0.4, -0.2) is 29.4 Å². The molecule has 0 unspecified atom stereocenters. The van der Waals surface area contributed by atoms with Crippen molar-refractivity contribution in [2.75, 3.05) is 11.9 Å². The van der Waals surface area contributed by atoms with Crippen molar-refractivity contribution in [2.24, 2.45) is 5.92 Å². The highest BCUT2D eigenvalue weighted by atomic mass is 19.1. The maximum absolute atomic E-state index is 13.1. The van der Waals surface area contributed by atoms with E-state index in [9.17, 15) is 14.0 Å². The van der Waals surface area contributed by atoms with Crippen LogP contribution in [0.3, 0.4) is 0 Å². The molecule has 0 bridgehead atoms. The first kappa shape index (κ1) is 20.4. The predicted octanol–water partition coefficient (Wildman–Crippen LogP) is 4.94. The molecule has 1 aliphatic carbocycles. The molecule has 1 heterocycles. The number of urea groups is 1. The molecule has 0 spiro atoms. The van der Waals surface area contributed by atoms with E-state index in [1.54, 1.807) is 36.4 Å². The Bertz CT molecular complexity index is 880. The Morgan fingerprint density at radius 3 is 2.40 bits per heavy atom. The van der Waals surface area contributed by atoms with Crippen LogP contribution in [0.5, 0.6) is 0 Å². The molecule has 1 aliphatic heterocycles. The van der Waals surface area contributed by atoms with Crippen LogP contribution in [-0.2, 0) is 6.54 Å². The summed E-state index contributed by atoms with van der Waals surface area (Å²) in [7, 11) is 0. The summed E-state index contributed by atoms with van der Waals surface area (Å²) in [4.78, 5) is 27.3. The van der Waals surface area contributed by atoms with Gasteiger partial charge in [-0.2, -0.15) is 0 Å². The normalized spacial score (nSPS) is 20.9. The Hall–Kier alpha value is -2.89. The van der Waals surface area contributed by atoms with Crippen LogP contribution >= 0.6 is 0 Å². The number of hydrogen-bond acceptors (Lipinski definition) is 2. The third-order valence-electron chi connectivity index (χ3n) is 6.26. The molecular weight excluding hydrogens is 381 g/mol. The summed E-state index contributed by atoms with van der Waals surface area (Å²) in [6.45, 7) is 1.14. The van der Waals surface area contributed by atoms with Crippen LogP contribution in [0.15, 0.2) is 48.5 Å². The fourth-order valence-corrected chi connectivity index (χ4v) is 4.70. The zero-order valence-electron chi connectivity index (χ0n) is 17.1. The maximum atomic E-state index is 13.1. The van der Waals surface area contributed by atoms with Gasteiger partial charge in [0.2, 0.25) is 0 Å². The molecule has 1 saturated heterocycles. The van der Waals surface area contributed by atoms with E-state index in [0.717, 1.165) is 24.9 Å². The first-order valence-corrected chi connectivity index (χ1v) is 10.8. The third kappa shape index (κ3) is 4.81. The highest BCUT2D eigenvalue weighted by molar-refractivity contribution is 5.95. The molecule has 6 heteroatoms. The maximum Gasteiger partial charge on any atom is 0.319 e. The number of likely N-dealkylation sites (tertiary alicyclic amines) is 1. The number of piperidine rings is 1. The van der Waals surface area contributed by atoms with E-state index in [1.807, 2.05) is 0 Å². The number of nitrogens with zero attached hydrogens (tertiary/aromatic N) is 1. The average molecular weight is 410 g/mol. The van der Waals surface area contributed by atoms with Crippen molar-refractivity contribution in [1.29, 1.82) is 0 Å². The lowest BCUT2D eigenvalue weighted by Gasteiger charge is -2.44. The SMILES string of the molecule is O=C(NCc1ccc(F)cc1)Nc1ccc(C(=O)N2CCC[C@@H]3CCCC[C@@H]32)cc1. The van der Waals surface area contributed by atoms with Gasteiger partial charge in [0.15, 0.2) is 0 Å². The van der Waals surface area contributed by atoms with Gasteiger partial charge in [-0.25, -0.2) is 9.18 Å². The van der Waals surface area contributed by atoms with Gasteiger partial charge in [-0.15, -0.1) is 0 Å². The molecule has 2 N–H and O–H groups in total. The molecule has 4 rings (SSSR count). The number of anilines is 1. The summed E-state index contributed by atoms with van der Waals surface area (Å²) in [5.74, 6) is 0.447. The summed E-state index contributed by atoms with van der Waals surface area (Å²) in [5, 5.41) is 5.50. The van der Waals surface area contributed by atoms with Gasteiger partial charge in [0, 0.05) is 30.4 Å². The molecule has 2 aliphatic rings. The Labute approximate surface area is 176 Å². The highest BCUT2D eigenvalue weighted by Gasteiger charge is 2.35. The number of carbonyl (C=O) groups is 2. The number of amides is 3. The minimum Gasteiger partial charge on any atom is -0.335 e. The smallest absolute Gasteiger partial charge is 0.319 e. The third-order valence-corrected chi connectivity index (χ3v) is 6.26. The Balaban J connectivity index is 1.32. The van der Waals surface area contributed by atoms with Gasteiger partial charge in [0.25, 0.3) is 5.91 Å². The van der Waals surface area contributed by atoms with Gasteiger partial charge in [0.05, 0.1) is 0 Å². The van der Waals surface area contributed by atoms with Crippen molar-refractivity contribution in [3.05, 3.63) is 65.5 Å². The average Bonchev–Trinajstić information content (AvgIpc) is 2.78. The number of benzene rings is 2. The van der Waals surface area contributed by atoms with Crippen molar-refractivity contribution < 1.29 is 14.0 Å². The van der Waals surface area contributed by atoms with Gasteiger partial charge in [-0.3, -0.25) is 4.79 Å². The highest BCUT2D eigenvalue weighted by Crippen LogP contribution is 2.36. The van der Waals surface area contributed by atoms with Crippen LogP contribution in [0.1, 0.15) is 54.4 Å². The number of carbonyl (C=O) groups excluding carboxylic acids is 2. The van der Waals surface area contributed by atoms with E-state index in [-0.39, 0.29) is 17.8 Å². The van der Waals surface area contributed by atoms with Crippen LogP contribution in [0.2, 0.25) is 0 Å². The zero-order valence-corrected chi connectivity index (χ0v) is 17.1. The predicted molar refractivity (Wildman–Crippen MR) is 115 cm³/mol. The van der Waals surface area contributed by atoms with E-state index in [1.165, 1.54) is 37.8 Å². The van der Waals surface area contributed by atoms with E-state index in [4.69, 9.17) is 0 Å². The summed E-state index contributed by atoms with van der Waals surface area (Å²) in [6.07, 6.45) is 7.17. The van der Waals surface area contributed by atoms with Gasteiger partial charge in [-0.1, -0.05) is 25.0 Å². The molecule has 0 radical (unpaired) electrons. The first-order valence-electron chi connectivity index (χ1n) is 10.8. The van der Waals surface area contributed by atoms with Crippen LogP contribution < -0.4 is 10.6 Å². The topological polar surface area (TPSA) is 61.4 Å². The molecule has 158 valence electrons. The van der Waals surface area contributed by atoms with Crippen molar-refractivity contribution in [1.82, 2.24) is 10.2 Å². The number of nitrogens with one attached hydrogen (secondary N) is 2. The molecular formula is C24H28FN3O2.